The van der Waals surface area contributed by atoms with E-state index in [-0.39, 0.29) is 11.9 Å². The molecule has 6 nitrogen and oxygen atoms in total. The van der Waals surface area contributed by atoms with Gasteiger partial charge in [-0.15, -0.1) is 0 Å². The first-order chi connectivity index (χ1) is 10.5. The zero-order valence-electron chi connectivity index (χ0n) is 13.6. The van der Waals surface area contributed by atoms with E-state index in [0.29, 0.717) is 31.9 Å². The third kappa shape index (κ3) is 7.71. The quantitative estimate of drug-likeness (QED) is 0.734. The van der Waals surface area contributed by atoms with Gasteiger partial charge in [-0.25, -0.2) is 4.79 Å². The predicted octanol–water partition coefficient (Wildman–Crippen LogP) is 2.49. The highest BCUT2D eigenvalue weighted by atomic mass is 16.5. The summed E-state index contributed by atoms with van der Waals surface area (Å²) < 4.78 is 10.1. The standard InChI is InChI=1S/C16H26N2O4/c1-4-21-16(20)18-13(10-12(2)3)11-17-15(19)8-7-14-6-5-9-22-14/h5-6,9,12-13H,4,7-8,10-11H2,1-3H3,(H,17,19)(H,18,20). The lowest BCUT2D eigenvalue weighted by atomic mass is 10.0. The van der Waals surface area contributed by atoms with Crippen molar-refractivity contribution in [3.63, 3.8) is 0 Å². The largest absolute Gasteiger partial charge is 0.469 e. The molecule has 0 bridgehead atoms. The smallest absolute Gasteiger partial charge is 0.407 e. The molecule has 2 N–H and O–H groups in total. The molecule has 1 rings (SSSR count). The van der Waals surface area contributed by atoms with Gasteiger partial charge in [-0.3, -0.25) is 4.79 Å². The van der Waals surface area contributed by atoms with Crippen molar-refractivity contribution in [3.8, 4) is 0 Å². The number of amides is 2. The minimum atomic E-state index is -0.446. The van der Waals surface area contributed by atoms with Crippen LogP contribution in [0.3, 0.4) is 0 Å². The Bertz CT molecular complexity index is 443. The summed E-state index contributed by atoms with van der Waals surface area (Å²) in [7, 11) is 0. The van der Waals surface area contributed by atoms with E-state index < -0.39 is 6.09 Å². The highest BCUT2D eigenvalue weighted by Gasteiger charge is 2.15. The van der Waals surface area contributed by atoms with Crippen LogP contribution in [0.4, 0.5) is 4.79 Å². The van der Waals surface area contributed by atoms with Gasteiger partial charge in [0.2, 0.25) is 5.91 Å². The maximum absolute atomic E-state index is 11.8. The summed E-state index contributed by atoms with van der Waals surface area (Å²) in [5.41, 5.74) is 0. The lowest BCUT2D eigenvalue weighted by molar-refractivity contribution is -0.121. The van der Waals surface area contributed by atoms with Gasteiger partial charge in [-0.05, 0) is 31.4 Å². The maximum atomic E-state index is 11.8. The molecular weight excluding hydrogens is 284 g/mol. The number of rotatable bonds is 9. The Morgan fingerprint density at radius 3 is 2.73 bits per heavy atom. The SMILES string of the molecule is CCOC(=O)NC(CNC(=O)CCc1ccco1)CC(C)C. The number of hydrogen-bond donors (Lipinski definition) is 2. The summed E-state index contributed by atoms with van der Waals surface area (Å²) in [6, 6.07) is 3.51. The molecule has 22 heavy (non-hydrogen) atoms. The molecule has 0 aromatic carbocycles. The van der Waals surface area contributed by atoms with E-state index >= 15 is 0 Å². The molecule has 0 aliphatic heterocycles. The van der Waals surface area contributed by atoms with Crippen LogP contribution in [0.1, 0.15) is 39.4 Å². The Labute approximate surface area is 131 Å². The first kappa shape index (κ1) is 18.1. The van der Waals surface area contributed by atoms with Crippen LogP contribution in [0, 0.1) is 5.92 Å². The van der Waals surface area contributed by atoms with Gasteiger partial charge in [0.1, 0.15) is 5.76 Å². The second-order valence-electron chi connectivity index (χ2n) is 5.57. The van der Waals surface area contributed by atoms with E-state index in [0.717, 1.165) is 12.2 Å². The van der Waals surface area contributed by atoms with Crippen molar-refractivity contribution in [2.75, 3.05) is 13.2 Å². The fourth-order valence-electron chi connectivity index (χ4n) is 2.12. The number of hydrogen-bond acceptors (Lipinski definition) is 4. The molecule has 0 aliphatic rings. The van der Waals surface area contributed by atoms with Crippen LogP contribution >= 0.6 is 0 Å². The summed E-state index contributed by atoms with van der Waals surface area (Å²) in [5.74, 6) is 1.14. The zero-order valence-corrected chi connectivity index (χ0v) is 13.6. The Hall–Kier alpha value is -1.98. The monoisotopic (exact) mass is 310 g/mol. The summed E-state index contributed by atoms with van der Waals surface area (Å²) in [5, 5.41) is 5.63. The normalized spacial score (nSPS) is 12.0. The van der Waals surface area contributed by atoms with E-state index in [1.807, 2.05) is 6.07 Å². The van der Waals surface area contributed by atoms with E-state index in [9.17, 15) is 9.59 Å². The van der Waals surface area contributed by atoms with Crippen molar-refractivity contribution < 1.29 is 18.7 Å². The van der Waals surface area contributed by atoms with Crippen molar-refractivity contribution in [1.29, 1.82) is 0 Å². The molecule has 6 heteroatoms. The molecule has 0 saturated heterocycles. The van der Waals surface area contributed by atoms with Crippen molar-refractivity contribution in [1.82, 2.24) is 10.6 Å². The average molecular weight is 310 g/mol. The minimum Gasteiger partial charge on any atom is -0.469 e. The van der Waals surface area contributed by atoms with Crippen LogP contribution in [0.2, 0.25) is 0 Å². The summed E-state index contributed by atoms with van der Waals surface area (Å²) >= 11 is 0. The van der Waals surface area contributed by atoms with Crippen molar-refractivity contribution in [2.45, 2.75) is 46.1 Å². The fourth-order valence-corrected chi connectivity index (χ4v) is 2.12. The zero-order chi connectivity index (χ0) is 16.4. The fraction of sp³-hybridized carbons (Fsp3) is 0.625. The van der Waals surface area contributed by atoms with E-state index in [2.05, 4.69) is 24.5 Å². The Balaban J connectivity index is 2.34. The molecule has 1 atom stereocenters. The van der Waals surface area contributed by atoms with Gasteiger partial charge in [-0.2, -0.15) is 0 Å². The molecule has 1 aromatic heterocycles. The van der Waals surface area contributed by atoms with Crippen LogP contribution < -0.4 is 10.6 Å². The summed E-state index contributed by atoms with van der Waals surface area (Å²) in [4.78, 5) is 23.3. The molecule has 0 aliphatic carbocycles. The molecule has 124 valence electrons. The van der Waals surface area contributed by atoms with Crippen LogP contribution in [0.25, 0.3) is 0 Å². The van der Waals surface area contributed by atoms with Crippen LogP contribution in [0.15, 0.2) is 22.8 Å². The maximum Gasteiger partial charge on any atom is 0.407 e. The predicted molar refractivity (Wildman–Crippen MR) is 83.4 cm³/mol. The van der Waals surface area contributed by atoms with Crippen LogP contribution in [0.5, 0.6) is 0 Å². The Morgan fingerprint density at radius 1 is 1.36 bits per heavy atom. The van der Waals surface area contributed by atoms with Gasteiger partial charge in [0.05, 0.1) is 12.9 Å². The molecule has 2 amide bonds. The molecule has 0 radical (unpaired) electrons. The molecule has 0 fully saturated rings. The van der Waals surface area contributed by atoms with Gasteiger partial charge >= 0.3 is 6.09 Å². The topological polar surface area (TPSA) is 80.6 Å². The van der Waals surface area contributed by atoms with Crippen LogP contribution in [-0.2, 0) is 16.0 Å². The number of nitrogens with one attached hydrogen (secondary N) is 2. The second-order valence-corrected chi connectivity index (χ2v) is 5.57. The number of aryl methyl sites for hydroxylation is 1. The molecule has 0 saturated carbocycles. The van der Waals surface area contributed by atoms with Gasteiger partial charge in [0.15, 0.2) is 0 Å². The van der Waals surface area contributed by atoms with Crippen molar-refractivity contribution in [2.24, 2.45) is 5.92 Å². The number of furan rings is 1. The van der Waals surface area contributed by atoms with E-state index in [4.69, 9.17) is 9.15 Å². The van der Waals surface area contributed by atoms with Crippen molar-refractivity contribution >= 4 is 12.0 Å². The van der Waals surface area contributed by atoms with E-state index in [1.165, 1.54) is 0 Å². The third-order valence-corrected chi connectivity index (χ3v) is 3.08. The molecular formula is C16H26N2O4. The Kier molecular flexibility index (Phi) is 8.10. The highest BCUT2D eigenvalue weighted by Crippen LogP contribution is 2.06. The molecule has 1 unspecified atom stereocenters. The number of carbonyl (C=O) groups excluding carboxylic acids is 2. The summed E-state index contributed by atoms with van der Waals surface area (Å²) in [6.07, 6.45) is 2.85. The van der Waals surface area contributed by atoms with Gasteiger partial charge < -0.3 is 19.8 Å². The molecule has 1 heterocycles. The lowest BCUT2D eigenvalue weighted by Crippen LogP contribution is -2.44. The Morgan fingerprint density at radius 2 is 2.14 bits per heavy atom. The van der Waals surface area contributed by atoms with Gasteiger partial charge in [-0.1, -0.05) is 13.8 Å². The molecule has 0 spiro atoms. The third-order valence-electron chi connectivity index (χ3n) is 3.08. The minimum absolute atomic E-state index is 0.0594. The van der Waals surface area contributed by atoms with Gasteiger partial charge in [0.25, 0.3) is 0 Å². The highest BCUT2D eigenvalue weighted by molar-refractivity contribution is 5.76. The average Bonchev–Trinajstić information content (AvgIpc) is 2.95. The lowest BCUT2D eigenvalue weighted by Gasteiger charge is -2.20. The van der Waals surface area contributed by atoms with E-state index in [1.54, 1.807) is 19.3 Å². The second kappa shape index (κ2) is 9.87. The number of alkyl carbamates (subject to hydrolysis) is 1. The van der Waals surface area contributed by atoms with Crippen molar-refractivity contribution in [3.05, 3.63) is 24.2 Å². The van der Waals surface area contributed by atoms with Gasteiger partial charge in [0, 0.05) is 25.4 Å². The van der Waals surface area contributed by atoms with Crippen LogP contribution in [-0.4, -0.2) is 31.2 Å². The molecule has 1 aromatic rings. The number of carbonyl (C=O) groups is 2. The first-order valence-corrected chi connectivity index (χ1v) is 7.73. The summed E-state index contributed by atoms with van der Waals surface area (Å²) in [6.45, 7) is 6.62. The number of ether oxygens (including phenoxy) is 1. The first-order valence-electron chi connectivity index (χ1n) is 7.73.